The first kappa shape index (κ1) is 18.4. The second kappa shape index (κ2) is 8.81. The van der Waals surface area contributed by atoms with E-state index in [9.17, 15) is 4.79 Å². The van der Waals surface area contributed by atoms with Crippen molar-refractivity contribution in [1.82, 2.24) is 10.2 Å². The minimum Gasteiger partial charge on any atom is -0.367 e. The lowest BCUT2D eigenvalue weighted by molar-refractivity contribution is 0.194. The third kappa shape index (κ3) is 4.83. The van der Waals surface area contributed by atoms with Crippen LogP contribution in [-0.4, -0.2) is 43.7 Å². The summed E-state index contributed by atoms with van der Waals surface area (Å²) in [7, 11) is 0. The number of rotatable bonds is 4. The summed E-state index contributed by atoms with van der Waals surface area (Å²) in [5.74, 6) is 0. The van der Waals surface area contributed by atoms with Gasteiger partial charge in [-0.05, 0) is 44.2 Å². The lowest BCUT2D eigenvalue weighted by atomic mass is 9.97. The molecule has 0 radical (unpaired) electrons. The fraction of sp³-hybridized carbons (Fsp3) is 0.526. The number of amides is 2. The first-order chi connectivity index (χ1) is 12.1. The molecular formula is C19H25Cl2N3O. The molecule has 0 aromatic heterocycles. The zero-order valence-corrected chi connectivity index (χ0v) is 16.0. The number of hydrogen-bond donors (Lipinski definition) is 1. The Morgan fingerprint density at radius 3 is 2.64 bits per heavy atom. The fourth-order valence-corrected chi connectivity index (χ4v) is 3.88. The van der Waals surface area contributed by atoms with Crippen LogP contribution in [0.1, 0.15) is 32.1 Å². The van der Waals surface area contributed by atoms with Crippen LogP contribution in [0, 0.1) is 0 Å². The van der Waals surface area contributed by atoms with Gasteiger partial charge >= 0.3 is 6.03 Å². The minimum absolute atomic E-state index is 0.0354. The third-order valence-corrected chi connectivity index (χ3v) is 5.76. The van der Waals surface area contributed by atoms with Gasteiger partial charge in [-0.2, -0.15) is 0 Å². The van der Waals surface area contributed by atoms with Crippen LogP contribution in [0.4, 0.5) is 10.5 Å². The van der Waals surface area contributed by atoms with Gasteiger partial charge in [0.1, 0.15) is 0 Å². The molecule has 0 spiro atoms. The Kier molecular flexibility index (Phi) is 6.49. The summed E-state index contributed by atoms with van der Waals surface area (Å²) in [6, 6.07) is 5.71. The average Bonchev–Trinajstić information content (AvgIpc) is 2.65. The molecule has 1 N–H and O–H groups in total. The molecule has 1 heterocycles. The molecule has 1 aliphatic carbocycles. The number of halogens is 2. The summed E-state index contributed by atoms with van der Waals surface area (Å²) in [4.78, 5) is 16.4. The van der Waals surface area contributed by atoms with Crippen molar-refractivity contribution >= 4 is 34.9 Å². The summed E-state index contributed by atoms with van der Waals surface area (Å²) in [6.07, 6.45) is 8.28. The van der Waals surface area contributed by atoms with Crippen molar-refractivity contribution in [2.45, 2.75) is 32.1 Å². The normalized spacial score (nSPS) is 18.1. The number of allylic oxidation sites excluding steroid dienone is 1. The second-order valence-corrected chi connectivity index (χ2v) is 7.42. The smallest absolute Gasteiger partial charge is 0.317 e. The summed E-state index contributed by atoms with van der Waals surface area (Å²) >= 11 is 12.4. The van der Waals surface area contributed by atoms with Gasteiger partial charge in [0.2, 0.25) is 0 Å². The molecule has 0 unspecified atom stereocenters. The van der Waals surface area contributed by atoms with E-state index in [0.717, 1.165) is 31.7 Å². The molecule has 0 saturated carbocycles. The lowest BCUT2D eigenvalue weighted by Crippen LogP contribution is -2.52. The van der Waals surface area contributed by atoms with Crippen LogP contribution in [0.2, 0.25) is 10.0 Å². The van der Waals surface area contributed by atoms with Gasteiger partial charge in [-0.15, -0.1) is 0 Å². The lowest BCUT2D eigenvalue weighted by Gasteiger charge is -2.36. The number of nitrogens with zero attached hydrogens (tertiary/aromatic N) is 2. The van der Waals surface area contributed by atoms with Gasteiger partial charge in [0.15, 0.2) is 0 Å². The van der Waals surface area contributed by atoms with Gasteiger partial charge in [0, 0.05) is 32.7 Å². The van der Waals surface area contributed by atoms with E-state index in [1.165, 1.54) is 31.3 Å². The van der Waals surface area contributed by atoms with Gasteiger partial charge in [-0.3, -0.25) is 0 Å². The number of carbonyl (C=O) groups is 1. The van der Waals surface area contributed by atoms with Gasteiger partial charge in [-0.1, -0.05) is 40.9 Å². The van der Waals surface area contributed by atoms with Crippen molar-refractivity contribution in [3.05, 3.63) is 39.9 Å². The number of anilines is 1. The molecule has 136 valence electrons. The molecule has 1 saturated heterocycles. The number of carbonyl (C=O) groups excluding carboxylic acids is 1. The molecule has 2 aliphatic rings. The molecule has 25 heavy (non-hydrogen) atoms. The van der Waals surface area contributed by atoms with E-state index in [-0.39, 0.29) is 6.03 Å². The fourth-order valence-electron chi connectivity index (χ4n) is 3.46. The number of hydrogen-bond acceptors (Lipinski definition) is 2. The molecular weight excluding hydrogens is 357 g/mol. The van der Waals surface area contributed by atoms with E-state index in [1.807, 2.05) is 17.0 Å². The summed E-state index contributed by atoms with van der Waals surface area (Å²) in [5.41, 5.74) is 2.44. The highest BCUT2D eigenvalue weighted by atomic mass is 35.5. The van der Waals surface area contributed by atoms with Gasteiger partial charge in [0.25, 0.3) is 0 Å². The maximum absolute atomic E-state index is 12.3. The highest BCUT2D eigenvalue weighted by Gasteiger charge is 2.22. The number of urea groups is 1. The van der Waals surface area contributed by atoms with Crippen molar-refractivity contribution in [3.63, 3.8) is 0 Å². The van der Waals surface area contributed by atoms with Crippen LogP contribution in [-0.2, 0) is 0 Å². The van der Waals surface area contributed by atoms with Crippen LogP contribution >= 0.6 is 23.2 Å². The van der Waals surface area contributed by atoms with Crippen LogP contribution in [0.15, 0.2) is 29.8 Å². The Labute approximate surface area is 159 Å². The molecule has 3 rings (SSSR count). The Morgan fingerprint density at radius 2 is 1.92 bits per heavy atom. The van der Waals surface area contributed by atoms with E-state index in [0.29, 0.717) is 23.1 Å². The molecule has 2 amide bonds. The molecule has 1 aliphatic heterocycles. The predicted octanol–water partition coefficient (Wildman–Crippen LogP) is 4.72. The van der Waals surface area contributed by atoms with Crippen molar-refractivity contribution in [2.75, 3.05) is 37.6 Å². The highest BCUT2D eigenvalue weighted by molar-refractivity contribution is 6.43. The summed E-state index contributed by atoms with van der Waals surface area (Å²) in [6.45, 7) is 3.64. The molecule has 6 heteroatoms. The quantitative estimate of drug-likeness (QED) is 0.766. The first-order valence-electron chi connectivity index (χ1n) is 9.05. The van der Waals surface area contributed by atoms with Crippen LogP contribution in [0.3, 0.4) is 0 Å². The van der Waals surface area contributed by atoms with Crippen LogP contribution in [0.5, 0.6) is 0 Å². The van der Waals surface area contributed by atoms with E-state index in [1.54, 1.807) is 6.07 Å². The van der Waals surface area contributed by atoms with Crippen molar-refractivity contribution in [1.29, 1.82) is 0 Å². The number of piperazine rings is 1. The minimum atomic E-state index is 0.0354. The standard InChI is InChI=1S/C19H25Cl2N3O/c20-16-7-4-8-17(18(16)21)23-11-13-24(14-12-23)19(25)22-10-9-15-5-2-1-3-6-15/h4-5,7-8H,1-3,6,9-14H2,(H,22,25). The first-order valence-corrected chi connectivity index (χ1v) is 9.80. The van der Waals surface area contributed by atoms with Gasteiger partial charge in [0.05, 0.1) is 15.7 Å². The monoisotopic (exact) mass is 381 g/mol. The Morgan fingerprint density at radius 1 is 1.12 bits per heavy atom. The van der Waals surface area contributed by atoms with Crippen LogP contribution < -0.4 is 10.2 Å². The van der Waals surface area contributed by atoms with E-state index >= 15 is 0 Å². The molecule has 1 fully saturated rings. The number of benzene rings is 1. The van der Waals surface area contributed by atoms with Crippen molar-refractivity contribution in [2.24, 2.45) is 0 Å². The maximum Gasteiger partial charge on any atom is 0.317 e. The van der Waals surface area contributed by atoms with E-state index in [4.69, 9.17) is 23.2 Å². The highest BCUT2D eigenvalue weighted by Crippen LogP contribution is 2.32. The topological polar surface area (TPSA) is 35.6 Å². The van der Waals surface area contributed by atoms with Gasteiger partial charge in [-0.25, -0.2) is 4.79 Å². The molecule has 4 nitrogen and oxygen atoms in total. The van der Waals surface area contributed by atoms with Crippen molar-refractivity contribution < 1.29 is 4.79 Å². The van der Waals surface area contributed by atoms with Crippen LogP contribution in [0.25, 0.3) is 0 Å². The molecule has 1 aromatic carbocycles. The molecule has 0 bridgehead atoms. The average molecular weight is 382 g/mol. The Hall–Kier alpha value is -1.39. The second-order valence-electron chi connectivity index (χ2n) is 6.64. The maximum atomic E-state index is 12.3. The third-order valence-electron chi connectivity index (χ3n) is 4.95. The van der Waals surface area contributed by atoms with E-state index < -0.39 is 0 Å². The predicted molar refractivity (Wildman–Crippen MR) is 105 cm³/mol. The summed E-state index contributed by atoms with van der Waals surface area (Å²) < 4.78 is 0. The van der Waals surface area contributed by atoms with Gasteiger partial charge < -0.3 is 15.1 Å². The van der Waals surface area contributed by atoms with Crippen molar-refractivity contribution in [3.8, 4) is 0 Å². The molecule has 0 atom stereocenters. The van der Waals surface area contributed by atoms with E-state index in [2.05, 4.69) is 16.3 Å². The zero-order valence-electron chi connectivity index (χ0n) is 14.4. The zero-order chi connectivity index (χ0) is 17.6. The largest absolute Gasteiger partial charge is 0.367 e. The Bertz CT molecular complexity index is 640. The summed E-state index contributed by atoms with van der Waals surface area (Å²) in [5, 5.41) is 4.21. The molecule has 1 aromatic rings. The Balaban J connectivity index is 1.44. The SMILES string of the molecule is O=C(NCCC1=CCCCC1)N1CCN(c2cccc(Cl)c2Cl)CC1. The number of nitrogens with one attached hydrogen (secondary N) is 1.